The van der Waals surface area contributed by atoms with Gasteiger partial charge in [-0.15, -0.1) is 10.2 Å². The Labute approximate surface area is 117 Å². The molecule has 2 aromatic heterocycles. The van der Waals surface area contributed by atoms with Gasteiger partial charge >= 0.3 is 6.03 Å². The molecule has 9 nitrogen and oxygen atoms in total. The number of imide groups is 1. The van der Waals surface area contributed by atoms with Gasteiger partial charge in [0, 0.05) is 0 Å². The highest BCUT2D eigenvalue weighted by molar-refractivity contribution is 8.00. The molecular formula is C10H12N6O3S. The lowest BCUT2D eigenvalue weighted by atomic mass is 10.4. The Morgan fingerprint density at radius 1 is 1.50 bits per heavy atom. The first-order chi connectivity index (χ1) is 9.49. The summed E-state index contributed by atoms with van der Waals surface area (Å²) in [5.74, 6) is 6.09. The van der Waals surface area contributed by atoms with Crippen molar-refractivity contribution in [2.45, 2.75) is 17.3 Å². The van der Waals surface area contributed by atoms with Crippen molar-refractivity contribution >= 4 is 23.7 Å². The lowest BCUT2D eigenvalue weighted by Gasteiger charge is -2.08. The van der Waals surface area contributed by atoms with Gasteiger partial charge in [0.25, 0.3) is 0 Å². The zero-order valence-corrected chi connectivity index (χ0v) is 11.3. The van der Waals surface area contributed by atoms with E-state index in [-0.39, 0.29) is 0 Å². The van der Waals surface area contributed by atoms with Crippen molar-refractivity contribution in [3.8, 4) is 11.6 Å². The summed E-state index contributed by atoms with van der Waals surface area (Å²) in [6.45, 7) is 1.59. The number of hydrogen-bond donors (Lipinski definition) is 3. The highest BCUT2D eigenvalue weighted by Crippen LogP contribution is 2.24. The van der Waals surface area contributed by atoms with Gasteiger partial charge in [-0.25, -0.2) is 9.47 Å². The zero-order chi connectivity index (χ0) is 14.7. The van der Waals surface area contributed by atoms with E-state index in [1.165, 1.54) is 10.9 Å². The fraction of sp³-hybridized carbons (Fsp3) is 0.200. The summed E-state index contributed by atoms with van der Waals surface area (Å²) < 4.78 is 6.37. The molecule has 0 unspecified atom stereocenters. The fourth-order valence-electron chi connectivity index (χ4n) is 1.37. The lowest BCUT2D eigenvalue weighted by Crippen LogP contribution is -2.39. The van der Waals surface area contributed by atoms with Gasteiger partial charge in [0.15, 0.2) is 5.76 Å². The molecule has 0 aromatic carbocycles. The van der Waals surface area contributed by atoms with Crippen molar-refractivity contribution in [3.05, 3.63) is 18.4 Å². The maximum absolute atomic E-state index is 11.6. The number of aromatic nitrogens is 3. The van der Waals surface area contributed by atoms with Crippen molar-refractivity contribution in [2.75, 3.05) is 5.84 Å². The van der Waals surface area contributed by atoms with E-state index in [0.29, 0.717) is 16.7 Å². The number of amides is 3. The molecule has 0 saturated heterocycles. The van der Waals surface area contributed by atoms with Crippen molar-refractivity contribution in [1.29, 1.82) is 0 Å². The van der Waals surface area contributed by atoms with E-state index < -0.39 is 17.2 Å². The van der Waals surface area contributed by atoms with Crippen LogP contribution in [0.2, 0.25) is 0 Å². The fourth-order valence-corrected chi connectivity index (χ4v) is 2.14. The number of carbonyl (C=O) groups excluding carboxylic acids is 2. The highest BCUT2D eigenvalue weighted by Gasteiger charge is 2.21. The SMILES string of the molecule is C[C@H](Sc1nnc(-c2ccco2)n1N)C(=O)NC(N)=O. The molecule has 1 atom stereocenters. The van der Waals surface area contributed by atoms with Crippen LogP contribution in [0.1, 0.15) is 6.92 Å². The highest BCUT2D eigenvalue weighted by atomic mass is 32.2. The average molecular weight is 296 g/mol. The molecule has 2 aromatic rings. The molecule has 0 aliphatic heterocycles. The van der Waals surface area contributed by atoms with E-state index in [2.05, 4.69) is 10.2 Å². The molecule has 0 bridgehead atoms. The second-order valence-electron chi connectivity index (χ2n) is 3.77. The normalized spacial score (nSPS) is 12.1. The number of nitrogen functional groups attached to an aromatic ring is 1. The van der Waals surface area contributed by atoms with E-state index in [1.54, 1.807) is 19.1 Å². The molecule has 0 saturated carbocycles. The molecule has 2 heterocycles. The predicted octanol–water partition coefficient (Wildman–Crippen LogP) is -0.0726. The Hall–Kier alpha value is -2.49. The van der Waals surface area contributed by atoms with Crippen LogP contribution in [0.5, 0.6) is 0 Å². The quantitative estimate of drug-likeness (QED) is 0.529. The van der Waals surface area contributed by atoms with E-state index in [0.717, 1.165) is 11.8 Å². The van der Waals surface area contributed by atoms with Crippen molar-refractivity contribution in [2.24, 2.45) is 5.73 Å². The minimum absolute atomic E-state index is 0.309. The van der Waals surface area contributed by atoms with Crippen LogP contribution in [-0.4, -0.2) is 32.1 Å². The second kappa shape index (κ2) is 5.65. The van der Waals surface area contributed by atoms with Gasteiger partial charge in [0.2, 0.25) is 16.9 Å². The maximum Gasteiger partial charge on any atom is 0.318 e. The van der Waals surface area contributed by atoms with Gasteiger partial charge < -0.3 is 16.0 Å². The van der Waals surface area contributed by atoms with Crippen LogP contribution in [0, 0.1) is 0 Å². The van der Waals surface area contributed by atoms with Crippen molar-refractivity contribution in [1.82, 2.24) is 20.2 Å². The van der Waals surface area contributed by atoms with E-state index in [1.807, 2.05) is 5.32 Å². The summed E-state index contributed by atoms with van der Waals surface area (Å²) in [5.41, 5.74) is 4.87. The van der Waals surface area contributed by atoms with Gasteiger partial charge in [0.1, 0.15) is 0 Å². The lowest BCUT2D eigenvalue weighted by molar-refractivity contribution is -0.119. The third-order valence-electron chi connectivity index (χ3n) is 2.30. The molecular weight excluding hydrogens is 284 g/mol. The van der Waals surface area contributed by atoms with E-state index in [4.69, 9.17) is 16.0 Å². The third kappa shape index (κ3) is 2.91. The number of carbonyl (C=O) groups is 2. The van der Waals surface area contributed by atoms with E-state index in [9.17, 15) is 9.59 Å². The standard InChI is InChI=1S/C10H12N6O3S/c1-5(8(17)13-9(11)18)20-10-15-14-7(16(10)12)6-3-2-4-19-6/h2-5H,12H2,1H3,(H3,11,13,17,18)/t5-/m0/s1. The first kappa shape index (κ1) is 13.9. The summed E-state index contributed by atoms with van der Waals surface area (Å²) in [5, 5.41) is 9.42. The Kier molecular flexibility index (Phi) is 3.94. The largest absolute Gasteiger partial charge is 0.461 e. The molecule has 106 valence electrons. The summed E-state index contributed by atoms with van der Waals surface area (Å²) in [4.78, 5) is 22.2. The Bertz CT molecular complexity index is 623. The van der Waals surface area contributed by atoms with Crippen LogP contribution < -0.4 is 16.9 Å². The topological polar surface area (TPSA) is 142 Å². The number of hydrogen-bond acceptors (Lipinski definition) is 7. The molecule has 0 aliphatic carbocycles. The van der Waals surface area contributed by atoms with Crippen LogP contribution in [0.3, 0.4) is 0 Å². The molecule has 5 N–H and O–H groups in total. The number of nitrogens with one attached hydrogen (secondary N) is 1. The number of primary amides is 1. The van der Waals surface area contributed by atoms with Gasteiger partial charge in [0.05, 0.1) is 11.5 Å². The summed E-state index contributed by atoms with van der Waals surface area (Å²) in [6, 6.07) is 2.47. The van der Waals surface area contributed by atoms with Gasteiger partial charge in [-0.05, 0) is 19.1 Å². The molecule has 0 radical (unpaired) electrons. The first-order valence-electron chi connectivity index (χ1n) is 5.50. The monoisotopic (exact) mass is 296 g/mol. The minimum atomic E-state index is -0.909. The van der Waals surface area contributed by atoms with Crippen LogP contribution in [0.4, 0.5) is 4.79 Å². The van der Waals surface area contributed by atoms with E-state index >= 15 is 0 Å². The number of rotatable bonds is 4. The zero-order valence-electron chi connectivity index (χ0n) is 10.4. The maximum atomic E-state index is 11.6. The second-order valence-corrected chi connectivity index (χ2v) is 5.08. The summed E-state index contributed by atoms with van der Waals surface area (Å²) in [7, 11) is 0. The molecule has 2 rings (SSSR count). The number of urea groups is 1. The predicted molar refractivity (Wildman–Crippen MR) is 70.9 cm³/mol. The smallest absolute Gasteiger partial charge is 0.318 e. The van der Waals surface area contributed by atoms with Crippen LogP contribution >= 0.6 is 11.8 Å². The number of thioether (sulfide) groups is 1. The first-order valence-corrected chi connectivity index (χ1v) is 6.38. The number of nitrogens with zero attached hydrogens (tertiary/aromatic N) is 3. The number of nitrogens with two attached hydrogens (primary N) is 2. The van der Waals surface area contributed by atoms with Gasteiger partial charge in [-0.3, -0.25) is 10.1 Å². The van der Waals surface area contributed by atoms with Crippen molar-refractivity contribution < 1.29 is 14.0 Å². The number of furan rings is 1. The Morgan fingerprint density at radius 3 is 2.85 bits per heavy atom. The summed E-state index contributed by atoms with van der Waals surface area (Å²) in [6.07, 6.45) is 1.49. The van der Waals surface area contributed by atoms with Crippen LogP contribution in [0.15, 0.2) is 28.0 Å². The van der Waals surface area contributed by atoms with Crippen LogP contribution in [-0.2, 0) is 4.79 Å². The van der Waals surface area contributed by atoms with Gasteiger partial charge in [-0.1, -0.05) is 11.8 Å². The molecule has 3 amide bonds. The van der Waals surface area contributed by atoms with Crippen molar-refractivity contribution in [3.63, 3.8) is 0 Å². The molecule has 0 spiro atoms. The molecule has 0 aliphatic rings. The Morgan fingerprint density at radius 2 is 2.25 bits per heavy atom. The minimum Gasteiger partial charge on any atom is -0.461 e. The van der Waals surface area contributed by atoms with Crippen LogP contribution in [0.25, 0.3) is 11.6 Å². The summed E-state index contributed by atoms with van der Waals surface area (Å²) >= 11 is 1.04. The molecule has 20 heavy (non-hydrogen) atoms. The average Bonchev–Trinajstić information content (AvgIpc) is 2.99. The van der Waals surface area contributed by atoms with Gasteiger partial charge in [-0.2, -0.15) is 0 Å². The third-order valence-corrected chi connectivity index (χ3v) is 3.36. The molecule has 10 heteroatoms. The Balaban J connectivity index is 2.11. The molecule has 0 fully saturated rings.